The molecule has 17 heavy (non-hydrogen) atoms. The molecule has 0 saturated heterocycles. The van der Waals surface area contributed by atoms with Crippen molar-refractivity contribution in [2.75, 3.05) is 11.9 Å². The maximum atomic E-state index is 10.8. The number of carboxylic acid groups (broad SMARTS) is 1. The Morgan fingerprint density at radius 1 is 1.59 bits per heavy atom. The van der Waals surface area contributed by atoms with Gasteiger partial charge in [-0.15, -0.1) is 0 Å². The molecule has 0 amide bonds. The second kappa shape index (κ2) is 3.44. The lowest BCUT2D eigenvalue weighted by Crippen LogP contribution is -2.20. The predicted octanol–water partition coefficient (Wildman–Crippen LogP) is 1.25. The number of nitrogens with zero attached hydrogens (tertiary/aromatic N) is 3. The van der Waals surface area contributed by atoms with E-state index in [4.69, 9.17) is 5.11 Å². The van der Waals surface area contributed by atoms with Gasteiger partial charge in [0.2, 0.25) is 5.95 Å². The highest BCUT2D eigenvalue weighted by Crippen LogP contribution is 2.29. The predicted molar refractivity (Wildman–Crippen MR) is 62.3 cm³/mol. The van der Waals surface area contributed by atoms with Crippen LogP contribution in [0.1, 0.15) is 23.2 Å². The minimum atomic E-state index is -0.980. The number of aromatic carboxylic acids is 1. The molecule has 2 heterocycles. The number of pyridine rings is 1. The summed E-state index contributed by atoms with van der Waals surface area (Å²) in [6, 6.07) is 2.11. The topological polar surface area (TPSA) is 82.1 Å². The number of aromatic amines is 1. The minimum absolute atomic E-state index is 0.168. The first kappa shape index (κ1) is 10.1. The fraction of sp³-hybridized carbons (Fsp3) is 0.364. The number of rotatable bonds is 3. The number of hydrogen-bond donors (Lipinski definition) is 2. The van der Waals surface area contributed by atoms with Gasteiger partial charge in [0.15, 0.2) is 5.65 Å². The van der Waals surface area contributed by atoms with Crippen molar-refractivity contribution < 1.29 is 9.90 Å². The van der Waals surface area contributed by atoms with Crippen molar-refractivity contribution in [3.63, 3.8) is 0 Å². The normalized spacial score (nSPS) is 15.1. The third-order valence-corrected chi connectivity index (χ3v) is 3.00. The van der Waals surface area contributed by atoms with Gasteiger partial charge in [-0.2, -0.15) is 4.98 Å². The van der Waals surface area contributed by atoms with Gasteiger partial charge in [0.25, 0.3) is 0 Å². The Morgan fingerprint density at radius 3 is 3.00 bits per heavy atom. The average molecular weight is 232 g/mol. The summed E-state index contributed by atoms with van der Waals surface area (Å²) < 4.78 is 0. The Kier molecular flexibility index (Phi) is 2.04. The fourth-order valence-corrected chi connectivity index (χ4v) is 1.81. The molecule has 0 bridgehead atoms. The third kappa shape index (κ3) is 1.71. The Balaban J connectivity index is 2.02. The molecule has 2 N–H and O–H groups in total. The molecule has 2 aromatic heterocycles. The Labute approximate surface area is 97.3 Å². The number of hydrogen-bond acceptors (Lipinski definition) is 4. The van der Waals surface area contributed by atoms with Crippen molar-refractivity contribution in [1.29, 1.82) is 0 Å². The summed E-state index contributed by atoms with van der Waals surface area (Å²) >= 11 is 0. The molecule has 6 nitrogen and oxygen atoms in total. The van der Waals surface area contributed by atoms with Gasteiger partial charge >= 0.3 is 5.97 Å². The molecule has 6 heteroatoms. The van der Waals surface area contributed by atoms with Gasteiger partial charge < -0.3 is 15.0 Å². The lowest BCUT2D eigenvalue weighted by Gasteiger charge is -2.13. The molecule has 1 aliphatic rings. The zero-order chi connectivity index (χ0) is 12.0. The van der Waals surface area contributed by atoms with Gasteiger partial charge in [0.1, 0.15) is 0 Å². The SMILES string of the molecule is CN(c1nc2ncc(C(=O)O)cc2[nH]1)C1CC1. The first-order valence-electron chi connectivity index (χ1n) is 5.47. The van der Waals surface area contributed by atoms with Crippen LogP contribution >= 0.6 is 0 Å². The van der Waals surface area contributed by atoms with E-state index in [2.05, 4.69) is 19.9 Å². The summed E-state index contributed by atoms with van der Waals surface area (Å²) in [6.45, 7) is 0. The monoisotopic (exact) mass is 232 g/mol. The summed E-state index contributed by atoms with van der Waals surface area (Å²) in [7, 11) is 1.98. The molecule has 0 spiro atoms. The van der Waals surface area contributed by atoms with Crippen LogP contribution in [0.3, 0.4) is 0 Å². The molecule has 0 aromatic carbocycles. The number of fused-ring (bicyclic) bond motifs is 1. The van der Waals surface area contributed by atoms with Gasteiger partial charge in [-0.3, -0.25) is 0 Å². The lowest BCUT2D eigenvalue weighted by molar-refractivity contribution is 0.0696. The number of carbonyl (C=O) groups is 1. The van der Waals surface area contributed by atoms with Crippen molar-refractivity contribution in [3.05, 3.63) is 17.8 Å². The van der Waals surface area contributed by atoms with Crippen LogP contribution in [0.2, 0.25) is 0 Å². The van der Waals surface area contributed by atoms with Gasteiger partial charge in [-0.25, -0.2) is 9.78 Å². The maximum absolute atomic E-state index is 10.8. The number of H-pyrrole nitrogens is 1. The van der Waals surface area contributed by atoms with E-state index in [1.54, 1.807) is 6.07 Å². The van der Waals surface area contributed by atoms with Crippen molar-refractivity contribution in [2.24, 2.45) is 0 Å². The molecule has 2 aromatic rings. The summed E-state index contributed by atoms with van der Waals surface area (Å²) in [6.07, 6.45) is 3.69. The molecule has 0 atom stereocenters. The van der Waals surface area contributed by atoms with E-state index in [0.29, 0.717) is 17.2 Å². The van der Waals surface area contributed by atoms with Crippen LogP contribution < -0.4 is 4.90 Å². The van der Waals surface area contributed by atoms with E-state index in [1.165, 1.54) is 19.0 Å². The fourth-order valence-electron chi connectivity index (χ4n) is 1.81. The van der Waals surface area contributed by atoms with E-state index in [-0.39, 0.29) is 5.56 Å². The summed E-state index contributed by atoms with van der Waals surface area (Å²) in [5.74, 6) is -0.233. The van der Waals surface area contributed by atoms with Crippen molar-refractivity contribution in [3.8, 4) is 0 Å². The van der Waals surface area contributed by atoms with Crippen LogP contribution in [0.25, 0.3) is 11.2 Å². The maximum Gasteiger partial charge on any atom is 0.337 e. The summed E-state index contributed by atoms with van der Waals surface area (Å²) in [4.78, 5) is 24.4. The lowest BCUT2D eigenvalue weighted by atomic mass is 10.3. The molecule has 0 unspecified atom stereocenters. The quantitative estimate of drug-likeness (QED) is 0.832. The van der Waals surface area contributed by atoms with E-state index in [1.807, 2.05) is 7.05 Å². The Hall–Kier alpha value is -2.11. The first-order valence-corrected chi connectivity index (χ1v) is 5.47. The van der Waals surface area contributed by atoms with Crippen molar-refractivity contribution in [1.82, 2.24) is 15.0 Å². The largest absolute Gasteiger partial charge is 0.478 e. The first-order chi connectivity index (χ1) is 8.15. The van der Waals surface area contributed by atoms with Gasteiger partial charge in [-0.05, 0) is 18.9 Å². The molecular formula is C11H12N4O2. The number of anilines is 1. The van der Waals surface area contributed by atoms with Crippen molar-refractivity contribution >= 4 is 23.1 Å². The number of imidazole rings is 1. The molecule has 1 saturated carbocycles. The van der Waals surface area contributed by atoms with E-state index in [0.717, 1.165) is 5.95 Å². The molecule has 88 valence electrons. The van der Waals surface area contributed by atoms with Crippen LogP contribution in [-0.2, 0) is 0 Å². The highest BCUT2D eigenvalue weighted by Gasteiger charge is 2.28. The Morgan fingerprint density at radius 2 is 2.35 bits per heavy atom. The van der Waals surface area contributed by atoms with Crippen LogP contribution in [0, 0.1) is 0 Å². The van der Waals surface area contributed by atoms with E-state index >= 15 is 0 Å². The third-order valence-electron chi connectivity index (χ3n) is 3.00. The van der Waals surface area contributed by atoms with E-state index in [9.17, 15) is 4.79 Å². The average Bonchev–Trinajstić information content (AvgIpc) is 3.06. The van der Waals surface area contributed by atoms with Gasteiger partial charge in [0.05, 0.1) is 11.1 Å². The second-order valence-electron chi connectivity index (χ2n) is 4.30. The zero-order valence-electron chi connectivity index (χ0n) is 9.34. The van der Waals surface area contributed by atoms with Gasteiger partial charge in [-0.1, -0.05) is 0 Å². The highest BCUT2D eigenvalue weighted by atomic mass is 16.4. The zero-order valence-corrected chi connectivity index (χ0v) is 9.34. The van der Waals surface area contributed by atoms with Crippen molar-refractivity contribution in [2.45, 2.75) is 18.9 Å². The van der Waals surface area contributed by atoms with Gasteiger partial charge in [0, 0.05) is 19.3 Å². The molecule has 0 radical (unpaired) electrons. The summed E-state index contributed by atoms with van der Waals surface area (Å²) in [5.41, 5.74) is 1.38. The highest BCUT2D eigenvalue weighted by molar-refractivity contribution is 5.91. The van der Waals surface area contributed by atoms with Crippen LogP contribution in [-0.4, -0.2) is 39.1 Å². The molecule has 0 aliphatic heterocycles. The minimum Gasteiger partial charge on any atom is -0.478 e. The number of nitrogens with one attached hydrogen (secondary N) is 1. The molecule has 3 rings (SSSR count). The molecule has 1 fully saturated rings. The van der Waals surface area contributed by atoms with Crippen LogP contribution in [0.4, 0.5) is 5.95 Å². The smallest absolute Gasteiger partial charge is 0.337 e. The molecular weight excluding hydrogens is 220 g/mol. The van der Waals surface area contributed by atoms with Crippen LogP contribution in [0.15, 0.2) is 12.3 Å². The Bertz CT molecular complexity index is 588. The van der Waals surface area contributed by atoms with Crippen LogP contribution in [0.5, 0.6) is 0 Å². The number of aromatic nitrogens is 3. The molecule has 1 aliphatic carbocycles. The summed E-state index contributed by atoms with van der Waals surface area (Å²) in [5, 5.41) is 8.87. The number of carboxylic acids is 1. The van der Waals surface area contributed by atoms with E-state index < -0.39 is 5.97 Å². The standard InChI is InChI=1S/C11H12N4O2/c1-15(7-2-3-7)11-13-8-4-6(10(16)17)5-12-9(8)14-11/h4-5,7H,2-3H2,1H3,(H,16,17)(H,12,13,14). The second-order valence-corrected chi connectivity index (χ2v) is 4.30.